The Labute approximate surface area is 123 Å². The zero-order chi connectivity index (χ0) is 14.8. The van der Waals surface area contributed by atoms with Gasteiger partial charge in [0.15, 0.2) is 0 Å². The molecule has 1 aromatic rings. The topological polar surface area (TPSA) is 32.5 Å². The highest BCUT2D eigenvalue weighted by Gasteiger charge is 2.28. The van der Waals surface area contributed by atoms with Gasteiger partial charge < -0.3 is 10.6 Å². The molecule has 2 rings (SSSR count). The van der Waals surface area contributed by atoms with E-state index in [1.807, 2.05) is 12.1 Å². The molecule has 0 amide bonds. The van der Waals surface area contributed by atoms with Gasteiger partial charge in [-0.3, -0.25) is 4.90 Å². The molecule has 2 N–H and O–H groups in total. The Morgan fingerprint density at radius 2 is 1.85 bits per heavy atom. The van der Waals surface area contributed by atoms with Gasteiger partial charge in [0.2, 0.25) is 0 Å². The molecule has 0 bridgehead atoms. The van der Waals surface area contributed by atoms with Gasteiger partial charge in [0.1, 0.15) is 0 Å². The second-order valence-electron chi connectivity index (χ2n) is 6.94. The highest BCUT2D eigenvalue weighted by molar-refractivity contribution is 5.41. The summed E-state index contributed by atoms with van der Waals surface area (Å²) < 4.78 is 0. The van der Waals surface area contributed by atoms with Crippen molar-refractivity contribution in [3.05, 3.63) is 29.8 Å². The Kier molecular flexibility index (Phi) is 4.71. The molecule has 1 saturated heterocycles. The first kappa shape index (κ1) is 15.3. The van der Waals surface area contributed by atoms with Crippen LogP contribution in [0.3, 0.4) is 0 Å². The molecule has 0 spiro atoms. The summed E-state index contributed by atoms with van der Waals surface area (Å²) in [6, 6.07) is 8.98. The monoisotopic (exact) mass is 275 g/mol. The number of likely N-dealkylation sites (N-methyl/N-ethyl adjacent to an activating group) is 1. The van der Waals surface area contributed by atoms with Crippen molar-refractivity contribution in [3.8, 4) is 0 Å². The quantitative estimate of drug-likeness (QED) is 0.861. The van der Waals surface area contributed by atoms with Crippen LogP contribution in [0.15, 0.2) is 24.3 Å². The van der Waals surface area contributed by atoms with Gasteiger partial charge >= 0.3 is 0 Å². The lowest BCUT2D eigenvalue weighted by Gasteiger charge is -2.36. The van der Waals surface area contributed by atoms with E-state index in [2.05, 4.69) is 49.8 Å². The lowest BCUT2D eigenvalue weighted by atomic mass is 9.83. The Bertz CT molecular complexity index is 424. The van der Waals surface area contributed by atoms with Crippen molar-refractivity contribution >= 4 is 5.69 Å². The van der Waals surface area contributed by atoms with Crippen molar-refractivity contribution in [2.24, 2.45) is 0 Å². The van der Waals surface area contributed by atoms with Crippen LogP contribution < -0.4 is 5.73 Å². The Balaban J connectivity index is 2.08. The van der Waals surface area contributed by atoms with Crippen LogP contribution in [0, 0.1) is 0 Å². The van der Waals surface area contributed by atoms with E-state index in [-0.39, 0.29) is 5.41 Å². The number of nitrogens with two attached hydrogens (primary N) is 1. The minimum Gasteiger partial charge on any atom is -0.399 e. The molecule has 1 atom stereocenters. The van der Waals surface area contributed by atoms with Gasteiger partial charge in [-0.1, -0.05) is 26.0 Å². The second-order valence-corrected chi connectivity index (χ2v) is 6.94. The lowest BCUT2D eigenvalue weighted by molar-refractivity contribution is 0.169. The molecule has 0 saturated carbocycles. The van der Waals surface area contributed by atoms with Crippen LogP contribution in [-0.4, -0.2) is 49.1 Å². The number of rotatable bonds is 3. The summed E-state index contributed by atoms with van der Waals surface area (Å²) in [4.78, 5) is 5.08. The second kappa shape index (κ2) is 6.15. The predicted molar refractivity (Wildman–Crippen MR) is 87.0 cm³/mol. The smallest absolute Gasteiger partial charge is 0.0314 e. The van der Waals surface area contributed by atoms with Crippen molar-refractivity contribution in [3.63, 3.8) is 0 Å². The predicted octanol–water partition coefficient (Wildman–Crippen LogP) is 2.57. The van der Waals surface area contributed by atoms with Crippen LogP contribution in [-0.2, 0) is 5.41 Å². The summed E-state index contributed by atoms with van der Waals surface area (Å²) in [6.07, 6.45) is 1.26. The van der Waals surface area contributed by atoms with Gasteiger partial charge in [0.25, 0.3) is 0 Å². The van der Waals surface area contributed by atoms with Crippen molar-refractivity contribution in [2.75, 3.05) is 39.0 Å². The van der Waals surface area contributed by atoms with E-state index in [0.29, 0.717) is 6.04 Å². The highest BCUT2D eigenvalue weighted by atomic mass is 15.2. The molecule has 1 aliphatic heterocycles. The highest BCUT2D eigenvalue weighted by Crippen LogP contribution is 2.26. The van der Waals surface area contributed by atoms with Crippen LogP contribution in [0.25, 0.3) is 0 Å². The first-order valence-electron chi connectivity index (χ1n) is 7.67. The summed E-state index contributed by atoms with van der Waals surface area (Å²) in [5.74, 6) is 0. The van der Waals surface area contributed by atoms with Crippen molar-refractivity contribution in [1.29, 1.82) is 0 Å². The van der Waals surface area contributed by atoms with E-state index in [9.17, 15) is 0 Å². The normalized spacial score (nSPS) is 22.7. The fourth-order valence-corrected chi connectivity index (χ4v) is 3.19. The average Bonchev–Trinajstić information content (AvgIpc) is 2.51. The minimum atomic E-state index is 0.158. The number of nitrogens with zero attached hydrogens (tertiary/aromatic N) is 2. The van der Waals surface area contributed by atoms with E-state index < -0.39 is 0 Å². The van der Waals surface area contributed by atoms with E-state index in [1.54, 1.807) is 0 Å². The lowest BCUT2D eigenvalue weighted by Crippen LogP contribution is -2.44. The number of hydrogen-bond acceptors (Lipinski definition) is 3. The molecule has 3 heteroatoms. The molecule has 3 nitrogen and oxygen atoms in total. The van der Waals surface area contributed by atoms with Gasteiger partial charge in [-0.05, 0) is 51.2 Å². The maximum atomic E-state index is 5.80. The molecular weight excluding hydrogens is 246 g/mol. The molecule has 0 aromatic heterocycles. The summed E-state index contributed by atoms with van der Waals surface area (Å²) in [6.45, 7) is 11.7. The third-order valence-electron chi connectivity index (χ3n) is 4.47. The van der Waals surface area contributed by atoms with Crippen molar-refractivity contribution in [2.45, 2.75) is 38.6 Å². The van der Waals surface area contributed by atoms with E-state index >= 15 is 0 Å². The third kappa shape index (κ3) is 3.74. The third-order valence-corrected chi connectivity index (χ3v) is 4.47. The molecule has 1 unspecified atom stereocenters. The average molecular weight is 275 g/mol. The van der Waals surface area contributed by atoms with Crippen LogP contribution in [0.2, 0.25) is 0 Å². The van der Waals surface area contributed by atoms with Gasteiger partial charge in [-0.2, -0.15) is 0 Å². The van der Waals surface area contributed by atoms with Gasteiger partial charge in [0.05, 0.1) is 0 Å². The maximum absolute atomic E-state index is 5.80. The summed E-state index contributed by atoms with van der Waals surface area (Å²) in [5, 5.41) is 0. The number of anilines is 1. The molecule has 0 radical (unpaired) electrons. The van der Waals surface area contributed by atoms with Crippen LogP contribution in [0.1, 0.15) is 32.8 Å². The van der Waals surface area contributed by atoms with E-state index in [0.717, 1.165) is 18.8 Å². The fourth-order valence-electron chi connectivity index (χ4n) is 3.19. The van der Waals surface area contributed by atoms with Crippen LogP contribution in [0.4, 0.5) is 5.69 Å². The Hall–Kier alpha value is -1.06. The Morgan fingerprint density at radius 3 is 2.50 bits per heavy atom. The zero-order valence-corrected chi connectivity index (χ0v) is 13.4. The van der Waals surface area contributed by atoms with Gasteiger partial charge in [-0.15, -0.1) is 0 Å². The van der Waals surface area contributed by atoms with Crippen LogP contribution >= 0.6 is 0 Å². The minimum absolute atomic E-state index is 0.158. The van der Waals surface area contributed by atoms with Crippen molar-refractivity contribution < 1.29 is 0 Å². The summed E-state index contributed by atoms with van der Waals surface area (Å²) in [7, 11) is 2.23. The first-order valence-corrected chi connectivity index (χ1v) is 7.67. The number of benzene rings is 1. The molecule has 1 heterocycles. The first-order chi connectivity index (χ1) is 9.38. The van der Waals surface area contributed by atoms with E-state index in [4.69, 9.17) is 5.73 Å². The van der Waals surface area contributed by atoms with Gasteiger partial charge in [-0.25, -0.2) is 0 Å². The van der Waals surface area contributed by atoms with Crippen molar-refractivity contribution in [1.82, 2.24) is 9.80 Å². The molecule has 1 fully saturated rings. The summed E-state index contributed by atoms with van der Waals surface area (Å²) >= 11 is 0. The fraction of sp³-hybridized carbons (Fsp3) is 0.647. The maximum Gasteiger partial charge on any atom is 0.0314 e. The molecule has 0 aliphatic carbocycles. The molecule has 1 aromatic carbocycles. The molecular formula is C17H29N3. The molecule has 20 heavy (non-hydrogen) atoms. The van der Waals surface area contributed by atoms with E-state index in [1.165, 1.54) is 25.1 Å². The molecule has 1 aliphatic rings. The SMILES string of the molecule is CC1CN(C)CCCN1CC(C)(C)c1ccc(N)cc1. The summed E-state index contributed by atoms with van der Waals surface area (Å²) in [5.41, 5.74) is 8.17. The number of hydrogen-bond donors (Lipinski definition) is 1. The number of nitrogen functional groups attached to an aromatic ring is 1. The Morgan fingerprint density at radius 1 is 1.20 bits per heavy atom. The van der Waals surface area contributed by atoms with Crippen LogP contribution in [0.5, 0.6) is 0 Å². The standard InChI is InChI=1S/C17H29N3/c1-14-12-19(4)10-5-11-20(14)13-17(2,3)15-6-8-16(18)9-7-15/h6-9,14H,5,10-13,18H2,1-4H3. The van der Waals surface area contributed by atoms with Gasteiger partial charge in [0, 0.05) is 30.2 Å². The largest absolute Gasteiger partial charge is 0.399 e. The zero-order valence-electron chi connectivity index (χ0n) is 13.4. The molecule has 112 valence electrons.